The number of thiophene rings is 1. The lowest BCUT2D eigenvalue weighted by Crippen LogP contribution is -2.25. The topological polar surface area (TPSA) is 37.9 Å². The minimum atomic E-state index is -0.435. The number of anilines is 4. The van der Waals surface area contributed by atoms with Crippen LogP contribution in [0.2, 0.25) is 0 Å². The zero-order chi connectivity index (χ0) is 64.5. The molecule has 3 aromatic heterocycles. The fraction of sp³-hybridized carbons (Fsp3) is 0.241. The van der Waals surface area contributed by atoms with Crippen molar-refractivity contribution in [2.75, 3.05) is 16.5 Å². The van der Waals surface area contributed by atoms with E-state index in [0.29, 0.717) is 29.4 Å². The number of nitrogens with zero attached hydrogens (tertiary/aromatic N) is 5. The van der Waals surface area contributed by atoms with Gasteiger partial charge in [0.15, 0.2) is 0 Å². The van der Waals surface area contributed by atoms with Crippen molar-refractivity contribution in [1.29, 1.82) is 0 Å². The number of pyridine rings is 1. The zero-order valence-electron chi connectivity index (χ0n) is 56.5. The van der Waals surface area contributed by atoms with Crippen LogP contribution in [-0.2, 0) is 16.2 Å². The van der Waals surface area contributed by atoms with Gasteiger partial charge in [-0.2, -0.15) is 0 Å². The molecule has 0 N–H and O–H groups in total. The third kappa shape index (κ3) is 9.88. The summed E-state index contributed by atoms with van der Waals surface area (Å²) in [5, 5.41) is 4.33. The highest BCUT2D eigenvalue weighted by Crippen LogP contribution is 2.53. The van der Waals surface area contributed by atoms with Crippen molar-refractivity contribution in [3.05, 3.63) is 233 Å². The fourth-order valence-electron chi connectivity index (χ4n) is 12.6. The number of aromatic nitrogens is 2. The van der Waals surface area contributed by atoms with Crippen LogP contribution >= 0.6 is 11.3 Å². The molecule has 0 amide bonds. The first-order valence-corrected chi connectivity index (χ1v) is 30.8. The molecule has 0 atom stereocenters. The Hall–Kier alpha value is -8.96. The molecule has 6 nitrogen and oxygen atoms in total. The predicted octanol–water partition coefficient (Wildman–Crippen LogP) is 23.3. The first-order valence-electron chi connectivity index (χ1n) is 32.5. The average molecular weight is 1150 g/mol. The predicted molar refractivity (Wildman–Crippen MR) is 367 cm³/mol. The summed E-state index contributed by atoms with van der Waals surface area (Å²) >= 11 is 1.67. The van der Waals surface area contributed by atoms with E-state index in [-0.39, 0.29) is 57.8 Å². The summed E-state index contributed by atoms with van der Waals surface area (Å²) in [6, 6.07) is 53.8. The van der Waals surface area contributed by atoms with Crippen molar-refractivity contribution >= 4 is 81.8 Å². The van der Waals surface area contributed by atoms with E-state index >= 15 is 0 Å². The van der Waals surface area contributed by atoms with Gasteiger partial charge in [0.2, 0.25) is 5.69 Å². The van der Waals surface area contributed by atoms with Gasteiger partial charge in [-0.15, -0.1) is 11.3 Å². The molecule has 428 valence electrons. The van der Waals surface area contributed by atoms with Crippen molar-refractivity contribution in [1.82, 2.24) is 9.55 Å². The van der Waals surface area contributed by atoms with Gasteiger partial charge in [-0.1, -0.05) is 211 Å². The van der Waals surface area contributed by atoms with Gasteiger partial charge in [0, 0.05) is 55.3 Å². The largest absolute Gasteiger partial charge is 0.457 e. The van der Waals surface area contributed by atoms with E-state index in [2.05, 4.69) is 237 Å². The van der Waals surface area contributed by atoms with Gasteiger partial charge < -0.3 is 14.5 Å². The molecule has 0 saturated carbocycles. The maximum Gasteiger partial charge on any atom is 0.204 e. The molecule has 0 bridgehead atoms. The van der Waals surface area contributed by atoms with Crippen molar-refractivity contribution in [3.63, 3.8) is 0 Å². The maximum atomic E-state index is 9.48. The van der Waals surface area contributed by atoms with E-state index in [1.165, 1.54) is 27.8 Å². The van der Waals surface area contributed by atoms with Crippen LogP contribution in [0.25, 0.3) is 86.0 Å². The molecule has 1 aliphatic rings. The second-order valence-corrected chi connectivity index (χ2v) is 27.8. The monoisotopic (exact) mass is 1150 g/mol. The molecule has 13 rings (SSSR count). The van der Waals surface area contributed by atoms with Gasteiger partial charge in [-0.25, -0.2) is 9.83 Å². The molecule has 86 heavy (non-hydrogen) atoms. The highest BCUT2D eigenvalue weighted by Gasteiger charge is 2.33. The van der Waals surface area contributed by atoms with Gasteiger partial charge in [-0.3, -0.25) is 4.57 Å². The average Bonchev–Trinajstić information content (AvgIpc) is 1.68. The van der Waals surface area contributed by atoms with Gasteiger partial charge in [-0.05, 0) is 144 Å². The number of hydrogen-bond donors (Lipinski definition) is 0. The number of benzene rings is 9. The molecule has 0 fully saturated rings. The molecule has 0 saturated heterocycles. The summed E-state index contributed by atoms with van der Waals surface area (Å²) < 4.78 is 57.3. The Kier molecular flexibility index (Phi) is 12.4. The summed E-state index contributed by atoms with van der Waals surface area (Å²) in [7, 11) is 0. The summed E-state index contributed by atoms with van der Waals surface area (Å²) in [5.41, 5.74) is 16.1. The number of fused-ring (bicyclic) bond motifs is 8. The van der Waals surface area contributed by atoms with Crippen molar-refractivity contribution < 1.29 is 11.6 Å². The molecule has 9 aromatic carbocycles. The smallest absolute Gasteiger partial charge is 0.204 e. The van der Waals surface area contributed by atoms with Crippen LogP contribution in [0.15, 0.2) is 194 Å². The Balaban J connectivity index is 1.04. The number of rotatable bonds is 10. The van der Waals surface area contributed by atoms with Crippen LogP contribution in [0.4, 0.5) is 28.4 Å². The quantitative estimate of drug-likeness (QED) is 0.128. The first kappa shape index (κ1) is 50.4. The molecule has 1 aliphatic heterocycles. The second-order valence-electron chi connectivity index (χ2n) is 26.8. The molecular weight excluding hydrogens is 1070 g/mol. The van der Waals surface area contributed by atoms with Crippen LogP contribution in [-0.4, -0.2) is 16.2 Å². The van der Waals surface area contributed by atoms with Crippen LogP contribution in [0, 0.1) is 6.57 Å². The number of para-hydroxylation sites is 3. The highest BCUT2D eigenvalue weighted by atomic mass is 32.1. The molecule has 4 heterocycles. The van der Waals surface area contributed by atoms with E-state index in [1.54, 1.807) is 11.3 Å². The van der Waals surface area contributed by atoms with Crippen LogP contribution < -0.4 is 14.5 Å². The first-order chi connectivity index (χ1) is 43.2. The molecule has 7 heteroatoms. The standard InChI is InChI=1S/C79H75N5OS/c1-48(2)59-25-20-26-60(49(3)4)72(59)52-41-56(82-47-83(68-32-19-18-31-67(68)82)74-61(50-23-16-15-17-24-50)27-21-28-62(74)51-39-54(78(8,9)10)43-55(40-51)79(11,12)13)45-58(42-52)85-57-33-34-65-70(46-57)84(71-44-53(37-38-81-71)77(5,6)7)69-36-35-64-63-29-22-30-66(80-14)75(63)86-76(64)73(65)69/h15-46,48-49H,47H2,1-13H3/i15D,16D,17D,23D,24D. The van der Waals surface area contributed by atoms with E-state index in [1.807, 2.05) is 36.5 Å². The summed E-state index contributed by atoms with van der Waals surface area (Å²) in [6.45, 7) is 37.4. The third-order valence-corrected chi connectivity index (χ3v) is 18.5. The van der Waals surface area contributed by atoms with Gasteiger partial charge in [0.25, 0.3) is 0 Å². The van der Waals surface area contributed by atoms with Crippen LogP contribution in [0.5, 0.6) is 11.5 Å². The number of hydrogen-bond acceptors (Lipinski definition) is 5. The van der Waals surface area contributed by atoms with Crippen molar-refractivity contribution in [2.24, 2.45) is 0 Å². The highest BCUT2D eigenvalue weighted by molar-refractivity contribution is 7.27. The summed E-state index contributed by atoms with van der Waals surface area (Å²) in [5.74, 6) is 2.48. The van der Waals surface area contributed by atoms with E-state index in [4.69, 9.17) is 20.4 Å². The number of ether oxygens (including phenoxy) is 1. The molecule has 0 spiro atoms. The third-order valence-electron chi connectivity index (χ3n) is 17.2. The Morgan fingerprint density at radius 3 is 1.84 bits per heavy atom. The minimum Gasteiger partial charge on any atom is -0.457 e. The fourth-order valence-corrected chi connectivity index (χ4v) is 13.9. The van der Waals surface area contributed by atoms with Gasteiger partial charge in [0.1, 0.15) is 24.0 Å². The Labute approximate surface area is 518 Å². The molecule has 0 aliphatic carbocycles. The van der Waals surface area contributed by atoms with E-state index < -0.39 is 6.04 Å². The molecular formula is C79H75N5OS. The van der Waals surface area contributed by atoms with Crippen LogP contribution in [0.1, 0.15) is 137 Å². The second kappa shape index (κ2) is 21.2. The Bertz CT molecular complexity index is 4920. The minimum absolute atomic E-state index is 0.136. The Morgan fingerprint density at radius 2 is 1.17 bits per heavy atom. The SMILES string of the molecule is [2H]c1c([2H])c([2H])c(-c2cccc(-c3cc(C(C)(C)C)cc(C(C)(C)C)c3)c2N2CN(c3cc(Oc4ccc5c6c7sc8c([N+]#[C-])cccc8c7ccc6n(-c6cc(C(C)(C)C)ccn6)c5c4)cc(-c4c(C(C)C)cccc4C(C)C)c3)c3ccccc32)c([2H])c1[2H]. The lowest BCUT2D eigenvalue weighted by Gasteiger charge is -2.30. The lowest BCUT2D eigenvalue weighted by molar-refractivity contribution is 0.483. The molecule has 0 unspecified atom stereocenters. The van der Waals surface area contributed by atoms with Gasteiger partial charge >= 0.3 is 0 Å². The normalized spacial score (nSPS) is 13.9. The Morgan fingerprint density at radius 1 is 0.547 bits per heavy atom. The lowest BCUT2D eigenvalue weighted by atomic mass is 9.78. The van der Waals surface area contributed by atoms with Crippen molar-refractivity contribution in [3.8, 4) is 50.7 Å². The summed E-state index contributed by atoms with van der Waals surface area (Å²) in [4.78, 5) is 13.6. The van der Waals surface area contributed by atoms with Crippen molar-refractivity contribution in [2.45, 2.75) is 118 Å². The zero-order valence-corrected chi connectivity index (χ0v) is 52.3. The summed E-state index contributed by atoms with van der Waals surface area (Å²) in [6.07, 6.45) is 1.90. The van der Waals surface area contributed by atoms with E-state index in [9.17, 15) is 2.74 Å². The molecule has 12 aromatic rings. The maximum absolute atomic E-state index is 9.48. The molecule has 0 radical (unpaired) electrons. The van der Waals surface area contributed by atoms with Crippen LogP contribution in [0.3, 0.4) is 0 Å². The van der Waals surface area contributed by atoms with Gasteiger partial charge in [0.05, 0.1) is 41.5 Å². The van der Waals surface area contributed by atoms with E-state index in [0.717, 1.165) is 92.8 Å².